The number of hydrogen-bond acceptors (Lipinski definition) is 4. The van der Waals surface area contributed by atoms with Crippen molar-refractivity contribution in [3.05, 3.63) is 33.8 Å². The van der Waals surface area contributed by atoms with Crippen LogP contribution >= 0.6 is 23.2 Å². The van der Waals surface area contributed by atoms with Crippen LogP contribution in [-0.4, -0.2) is 49.4 Å². The summed E-state index contributed by atoms with van der Waals surface area (Å²) in [7, 11) is 1.84. The highest BCUT2D eigenvalue weighted by atomic mass is 35.5. The summed E-state index contributed by atoms with van der Waals surface area (Å²) in [4.78, 5) is 14.0. The predicted molar refractivity (Wildman–Crippen MR) is 95.8 cm³/mol. The van der Waals surface area contributed by atoms with Crippen LogP contribution in [0.15, 0.2) is 18.2 Å². The average Bonchev–Trinajstić information content (AvgIpc) is 2.70. The molecule has 1 N–H and O–H groups in total. The van der Waals surface area contributed by atoms with Crippen molar-refractivity contribution in [1.82, 2.24) is 10.2 Å². The van der Waals surface area contributed by atoms with Gasteiger partial charge >= 0.3 is 6.09 Å². The van der Waals surface area contributed by atoms with Gasteiger partial charge in [-0.15, -0.1) is 0 Å². The Morgan fingerprint density at radius 3 is 2.62 bits per heavy atom. The van der Waals surface area contributed by atoms with Gasteiger partial charge in [0.15, 0.2) is 0 Å². The van der Waals surface area contributed by atoms with Crippen LogP contribution in [0.3, 0.4) is 0 Å². The fraction of sp³-hybridized carbons (Fsp3) is 0.588. The van der Waals surface area contributed by atoms with Crippen LogP contribution in [0.5, 0.6) is 0 Å². The molecule has 1 aliphatic rings. The smallest absolute Gasteiger partial charge is 0.410 e. The maximum absolute atomic E-state index is 12.4. The minimum atomic E-state index is -0.525. The predicted octanol–water partition coefficient (Wildman–Crippen LogP) is 3.89. The molecule has 1 aromatic carbocycles. The number of amides is 1. The molecule has 1 amide bonds. The van der Waals surface area contributed by atoms with Crippen molar-refractivity contribution in [2.45, 2.75) is 38.5 Å². The van der Waals surface area contributed by atoms with Crippen LogP contribution in [0.4, 0.5) is 4.79 Å². The first-order chi connectivity index (χ1) is 11.2. The number of likely N-dealkylation sites (N-methyl/N-ethyl adjacent to an activating group) is 1. The number of benzene rings is 1. The fourth-order valence-electron chi connectivity index (χ4n) is 2.58. The Morgan fingerprint density at radius 1 is 1.33 bits per heavy atom. The number of carbonyl (C=O) groups is 1. The van der Waals surface area contributed by atoms with E-state index in [1.165, 1.54) is 0 Å². The van der Waals surface area contributed by atoms with E-state index in [1.807, 2.05) is 40.0 Å². The van der Waals surface area contributed by atoms with Gasteiger partial charge in [0, 0.05) is 13.1 Å². The Hall–Kier alpha value is -1.01. The van der Waals surface area contributed by atoms with E-state index in [1.54, 1.807) is 11.0 Å². The van der Waals surface area contributed by atoms with E-state index in [0.717, 1.165) is 5.56 Å². The summed E-state index contributed by atoms with van der Waals surface area (Å²) in [5.74, 6) is 0. The van der Waals surface area contributed by atoms with E-state index >= 15 is 0 Å². The van der Waals surface area contributed by atoms with Crippen LogP contribution in [0.25, 0.3) is 0 Å². The number of carbonyl (C=O) groups excluding carboxylic acids is 1. The zero-order chi connectivity index (χ0) is 17.9. The van der Waals surface area contributed by atoms with E-state index in [9.17, 15) is 4.79 Å². The summed E-state index contributed by atoms with van der Waals surface area (Å²) in [6.45, 7) is 6.94. The summed E-state index contributed by atoms with van der Waals surface area (Å²) < 4.78 is 11.5. The molecule has 2 atom stereocenters. The van der Waals surface area contributed by atoms with Gasteiger partial charge in [0.2, 0.25) is 0 Å². The van der Waals surface area contributed by atoms with Crippen molar-refractivity contribution in [2.24, 2.45) is 0 Å². The maximum Gasteiger partial charge on any atom is 0.410 e. The molecular formula is C17H24Cl2N2O3. The molecule has 5 nitrogen and oxygen atoms in total. The molecule has 1 saturated heterocycles. The largest absolute Gasteiger partial charge is 0.444 e. The van der Waals surface area contributed by atoms with Gasteiger partial charge in [-0.1, -0.05) is 29.3 Å². The van der Waals surface area contributed by atoms with Crippen molar-refractivity contribution < 1.29 is 14.3 Å². The third-order valence-corrected chi connectivity index (χ3v) is 4.47. The molecule has 134 valence electrons. The van der Waals surface area contributed by atoms with Crippen molar-refractivity contribution in [3.8, 4) is 0 Å². The lowest BCUT2D eigenvalue weighted by Crippen LogP contribution is -2.45. The summed E-state index contributed by atoms with van der Waals surface area (Å²) in [6, 6.07) is 5.37. The minimum Gasteiger partial charge on any atom is -0.444 e. The molecule has 0 spiro atoms. The topological polar surface area (TPSA) is 50.8 Å². The number of hydrogen-bond donors (Lipinski definition) is 1. The lowest BCUT2D eigenvalue weighted by Gasteiger charge is -2.29. The minimum absolute atomic E-state index is 0.0859. The van der Waals surface area contributed by atoms with Crippen LogP contribution in [0.2, 0.25) is 10.0 Å². The standard InChI is InChI=1S/C17H24Cl2N2O3/c1-17(2,3)24-16(22)21-7-8-23-15(14(10-21)20-4)11-5-6-12(18)13(19)9-11/h5-6,9,14-15,20H,7-8,10H2,1-4H3/t14-,15+/m1/s1. The van der Waals surface area contributed by atoms with Gasteiger partial charge in [-0.2, -0.15) is 0 Å². The van der Waals surface area contributed by atoms with Crippen LogP contribution < -0.4 is 5.32 Å². The van der Waals surface area contributed by atoms with Gasteiger partial charge < -0.3 is 19.7 Å². The second kappa shape index (κ2) is 7.91. The zero-order valence-corrected chi connectivity index (χ0v) is 15.9. The first-order valence-electron chi connectivity index (χ1n) is 7.93. The Balaban J connectivity index is 2.16. The van der Waals surface area contributed by atoms with E-state index in [4.69, 9.17) is 32.7 Å². The molecular weight excluding hydrogens is 351 g/mol. The molecule has 1 aromatic rings. The van der Waals surface area contributed by atoms with E-state index in [0.29, 0.717) is 29.7 Å². The third-order valence-electron chi connectivity index (χ3n) is 3.74. The number of halogens is 2. The Morgan fingerprint density at radius 2 is 2.04 bits per heavy atom. The summed E-state index contributed by atoms with van der Waals surface area (Å²) in [5, 5.41) is 4.22. The average molecular weight is 375 g/mol. The molecule has 1 heterocycles. The van der Waals surface area contributed by atoms with Gasteiger partial charge in [0.05, 0.1) is 28.8 Å². The highest BCUT2D eigenvalue weighted by Crippen LogP contribution is 2.30. The number of nitrogens with zero attached hydrogens (tertiary/aromatic N) is 1. The quantitative estimate of drug-likeness (QED) is 0.852. The second-order valence-corrected chi connectivity index (χ2v) is 7.60. The van der Waals surface area contributed by atoms with Gasteiger partial charge in [0.25, 0.3) is 0 Å². The lowest BCUT2D eigenvalue weighted by molar-refractivity contribution is 0.0231. The van der Waals surface area contributed by atoms with Crippen molar-refractivity contribution in [3.63, 3.8) is 0 Å². The van der Waals surface area contributed by atoms with E-state index in [2.05, 4.69) is 5.32 Å². The lowest BCUT2D eigenvalue weighted by atomic mass is 10.0. The molecule has 0 bridgehead atoms. The molecule has 1 fully saturated rings. The van der Waals surface area contributed by atoms with Crippen LogP contribution in [0.1, 0.15) is 32.4 Å². The van der Waals surface area contributed by atoms with Gasteiger partial charge in [0.1, 0.15) is 5.60 Å². The molecule has 0 saturated carbocycles. The van der Waals surface area contributed by atoms with Gasteiger partial charge in [-0.3, -0.25) is 0 Å². The normalized spacial score (nSPS) is 22.2. The molecule has 0 aromatic heterocycles. The fourth-order valence-corrected chi connectivity index (χ4v) is 2.89. The zero-order valence-electron chi connectivity index (χ0n) is 14.4. The Labute approximate surface area is 153 Å². The SMILES string of the molecule is CN[C@@H]1CN(C(=O)OC(C)(C)C)CCO[C@H]1c1ccc(Cl)c(Cl)c1. The number of ether oxygens (including phenoxy) is 2. The monoisotopic (exact) mass is 374 g/mol. The molecule has 7 heteroatoms. The van der Waals surface area contributed by atoms with Gasteiger partial charge in [-0.05, 0) is 45.5 Å². The first-order valence-corrected chi connectivity index (χ1v) is 8.68. The van der Waals surface area contributed by atoms with Crippen molar-refractivity contribution >= 4 is 29.3 Å². The second-order valence-electron chi connectivity index (χ2n) is 6.79. The maximum atomic E-state index is 12.4. The summed E-state index contributed by atoms with van der Waals surface area (Å²) >= 11 is 12.1. The summed E-state index contributed by atoms with van der Waals surface area (Å²) in [5.41, 5.74) is 0.400. The highest BCUT2D eigenvalue weighted by Gasteiger charge is 2.32. The number of rotatable bonds is 2. The summed E-state index contributed by atoms with van der Waals surface area (Å²) in [6.07, 6.45) is -0.557. The first kappa shape index (κ1) is 19.3. The van der Waals surface area contributed by atoms with Gasteiger partial charge in [-0.25, -0.2) is 4.79 Å². The van der Waals surface area contributed by atoms with Crippen molar-refractivity contribution in [1.29, 1.82) is 0 Å². The van der Waals surface area contributed by atoms with Crippen LogP contribution in [-0.2, 0) is 9.47 Å². The highest BCUT2D eigenvalue weighted by molar-refractivity contribution is 6.42. The number of nitrogens with one attached hydrogen (secondary N) is 1. The van der Waals surface area contributed by atoms with Crippen molar-refractivity contribution in [2.75, 3.05) is 26.7 Å². The van der Waals surface area contributed by atoms with E-state index in [-0.39, 0.29) is 18.2 Å². The molecule has 24 heavy (non-hydrogen) atoms. The molecule has 0 unspecified atom stereocenters. The van der Waals surface area contributed by atoms with Crippen LogP contribution in [0, 0.1) is 0 Å². The molecule has 0 radical (unpaired) electrons. The molecule has 0 aliphatic carbocycles. The Kier molecular flexibility index (Phi) is 6.37. The Bertz CT molecular complexity index is 590. The molecule has 1 aliphatic heterocycles. The molecule has 2 rings (SSSR count). The third kappa shape index (κ3) is 4.99. The van der Waals surface area contributed by atoms with E-state index < -0.39 is 5.60 Å².